The van der Waals surface area contributed by atoms with Crippen LogP contribution < -0.4 is 20.5 Å². The predicted octanol–water partition coefficient (Wildman–Crippen LogP) is 4.50. The van der Waals surface area contributed by atoms with E-state index in [-0.39, 0.29) is 18.8 Å². The van der Waals surface area contributed by atoms with Gasteiger partial charge in [0.1, 0.15) is 12.4 Å². The fourth-order valence-corrected chi connectivity index (χ4v) is 5.72. The van der Waals surface area contributed by atoms with Gasteiger partial charge in [-0.25, -0.2) is 0 Å². The summed E-state index contributed by atoms with van der Waals surface area (Å²) in [5.74, 6) is 0.754. The van der Waals surface area contributed by atoms with E-state index >= 15 is 0 Å². The topological polar surface area (TPSA) is 93.4 Å². The molecular formula is C30H42N4O3. The van der Waals surface area contributed by atoms with E-state index in [1.165, 1.54) is 48.1 Å². The minimum atomic E-state index is -0.0264. The van der Waals surface area contributed by atoms with Crippen molar-refractivity contribution in [2.24, 2.45) is 0 Å². The number of nitrogens with one attached hydrogen (secondary N) is 3. The van der Waals surface area contributed by atoms with Crippen molar-refractivity contribution in [2.45, 2.75) is 71.4 Å². The van der Waals surface area contributed by atoms with Gasteiger partial charge in [-0.1, -0.05) is 18.2 Å². The number of nitrogens with zero attached hydrogens (tertiary/aromatic N) is 1. The molecule has 200 valence electrons. The second-order valence-electron chi connectivity index (χ2n) is 10.1. The number of aliphatic hydroxyl groups is 1. The zero-order valence-corrected chi connectivity index (χ0v) is 22.7. The van der Waals surface area contributed by atoms with Gasteiger partial charge < -0.3 is 25.2 Å². The van der Waals surface area contributed by atoms with Crippen molar-refractivity contribution >= 4 is 5.69 Å². The van der Waals surface area contributed by atoms with E-state index in [1.54, 1.807) is 0 Å². The molecule has 0 aliphatic heterocycles. The molecule has 1 heterocycles. The van der Waals surface area contributed by atoms with Gasteiger partial charge in [-0.3, -0.25) is 9.89 Å². The molecule has 1 aliphatic carbocycles. The summed E-state index contributed by atoms with van der Waals surface area (Å²) in [5, 5.41) is 18.2. The van der Waals surface area contributed by atoms with Crippen LogP contribution in [-0.2, 0) is 12.8 Å². The van der Waals surface area contributed by atoms with Crippen LogP contribution in [0.5, 0.6) is 5.75 Å². The highest BCUT2D eigenvalue weighted by atomic mass is 16.5. The van der Waals surface area contributed by atoms with E-state index in [2.05, 4.69) is 65.6 Å². The predicted molar refractivity (Wildman–Crippen MR) is 151 cm³/mol. The van der Waals surface area contributed by atoms with Gasteiger partial charge in [0, 0.05) is 35.6 Å². The summed E-state index contributed by atoms with van der Waals surface area (Å²) >= 11 is 0. The molecule has 7 heteroatoms. The number of aromatic amines is 2. The number of ether oxygens (including phenoxy) is 1. The van der Waals surface area contributed by atoms with Crippen LogP contribution in [0.2, 0.25) is 0 Å². The highest BCUT2D eigenvalue weighted by Crippen LogP contribution is 2.36. The van der Waals surface area contributed by atoms with E-state index in [1.807, 2.05) is 19.1 Å². The van der Waals surface area contributed by atoms with E-state index in [0.29, 0.717) is 18.5 Å². The number of aromatic nitrogens is 2. The molecule has 0 spiro atoms. The van der Waals surface area contributed by atoms with E-state index in [0.717, 1.165) is 35.5 Å². The Hall–Kier alpha value is -3.03. The van der Waals surface area contributed by atoms with Crippen molar-refractivity contribution in [3.8, 4) is 16.9 Å². The fraction of sp³-hybridized carbons (Fsp3) is 0.500. The van der Waals surface area contributed by atoms with Crippen LogP contribution in [0.1, 0.15) is 55.0 Å². The minimum Gasteiger partial charge on any atom is -0.491 e. The molecule has 1 fully saturated rings. The van der Waals surface area contributed by atoms with Crippen LogP contribution in [-0.4, -0.2) is 54.2 Å². The number of hydrogen-bond donors (Lipinski definition) is 4. The van der Waals surface area contributed by atoms with Gasteiger partial charge in [0.05, 0.1) is 6.61 Å². The summed E-state index contributed by atoms with van der Waals surface area (Å²) in [4.78, 5) is 14.9. The third-order valence-electron chi connectivity index (χ3n) is 7.97. The van der Waals surface area contributed by atoms with Crippen LogP contribution >= 0.6 is 0 Å². The molecule has 4 N–H and O–H groups in total. The Morgan fingerprint density at radius 1 is 1.03 bits per heavy atom. The molecular weight excluding hydrogens is 464 g/mol. The number of benzene rings is 2. The molecule has 0 radical (unpaired) electrons. The summed E-state index contributed by atoms with van der Waals surface area (Å²) < 4.78 is 5.57. The molecule has 7 nitrogen and oxygen atoms in total. The Morgan fingerprint density at radius 2 is 1.76 bits per heavy atom. The minimum absolute atomic E-state index is 0.00102. The molecule has 0 unspecified atom stereocenters. The van der Waals surface area contributed by atoms with Crippen molar-refractivity contribution in [3.05, 3.63) is 69.1 Å². The normalized spacial score (nSPS) is 17.6. The Morgan fingerprint density at radius 3 is 2.35 bits per heavy atom. The molecule has 3 aromatic rings. The number of aryl methyl sites for hydroxylation is 2. The van der Waals surface area contributed by atoms with E-state index < -0.39 is 0 Å². The number of H-pyrrole nitrogens is 2. The van der Waals surface area contributed by atoms with Gasteiger partial charge in [-0.05, 0) is 107 Å². The lowest BCUT2D eigenvalue weighted by Crippen LogP contribution is -2.42. The standard InChI is InChI=1S/C30H42N4O3/c1-5-34(26-11-9-25(31-4)10-12-26)29-19-24(22-6-13-27(14-7-22)37-17-16-35)18-23(20(29)2)8-15-28-21(3)32-33-30(28)36/h6-7,13-14,18-19,25-26,31,35H,5,8-12,15-17H2,1-4H3,(H2,32,33,36). The Labute approximate surface area is 220 Å². The smallest absolute Gasteiger partial charge is 0.267 e. The summed E-state index contributed by atoms with van der Waals surface area (Å²) in [6.45, 7) is 7.68. The van der Waals surface area contributed by atoms with E-state index in [9.17, 15) is 4.79 Å². The van der Waals surface area contributed by atoms with Crippen molar-refractivity contribution in [1.82, 2.24) is 15.5 Å². The van der Waals surface area contributed by atoms with Crippen LogP contribution in [0, 0.1) is 13.8 Å². The molecule has 4 rings (SSSR count). The summed E-state index contributed by atoms with van der Waals surface area (Å²) in [5.41, 5.74) is 7.88. The van der Waals surface area contributed by atoms with Gasteiger partial charge in [0.25, 0.3) is 5.56 Å². The average molecular weight is 507 g/mol. The highest BCUT2D eigenvalue weighted by molar-refractivity contribution is 5.73. The lowest BCUT2D eigenvalue weighted by Gasteiger charge is -2.39. The maximum atomic E-state index is 12.3. The van der Waals surface area contributed by atoms with Gasteiger partial charge in [-0.15, -0.1) is 0 Å². The fourth-order valence-electron chi connectivity index (χ4n) is 5.72. The molecule has 1 saturated carbocycles. The lowest BCUT2D eigenvalue weighted by atomic mass is 9.88. The van der Waals surface area contributed by atoms with Crippen LogP contribution in [0.3, 0.4) is 0 Å². The average Bonchev–Trinajstić information content (AvgIpc) is 3.25. The lowest BCUT2D eigenvalue weighted by molar-refractivity contribution is 0.201. The second-order valence-corrected chi connectivity index (χ2v) is 10.1. The first-order valence-corrected chi connectivity index (χ1v) is 13.6. The largest absolute Gasteiger partial charge is 0.491 e. The first-order chi connectivity index (χ1) is 17.9. The summed E-state index contributed by atoms with van der Waals surface area (Å²) in [6, 6.07) is 13.9. The summed E-state index contributed by atoms with van der Waals surface area (Å²) in [6.07, 6.45) is 6.28. The van der Waals surface area contributed by atoms with Crippen molar-refractivity contribution < 1.29 is 9.84 Å². The Kier molecular flexibility index (Phi) is 9.11. The molecule has 0 amide bonds. The maximum Gasteiger partial charge on any atom is 0.267 e. The van der Waals surface area contributed by atoms with Crippen LogP contribution in [0.15, 0.2) is 41.2 Å². The molecule has 0 saturated heterocycles. The zero-order chi connectivity index (χ0) is 26.4. The van der Waals surface area contributed by atoms with Gasteiger partial charge in [0.2, 0.25) is 0 Å². The van der Waals surface area contributed by atoms with Gasteiger partial charge in [-0.2, -0.15) is 0 Å². The van der Waals surface area contributed by atoms with Crippen molar-refractivity contribution in [3.63, 3.8) is 0 Å². The Bertz CT molecular complexity index is 1210. The SMILES string of the molecule is CCN(c1cc(-c2ccc(OCCO)cc2)cc(CCc2c(C)[nH][nH]c2=O)c1C)C1CCC(NC)CC1. The van der Waals surface area contributed by atoms with Gasteiger partial charge in [0.15, 0.2) is 0 Å². The number of rotatable bonds is 11. The van der Waals surface area contributed by atoms with Crippen LogP contribution in [0.25, 0.3) is 11.1 Å². The quantitative estimate of drug-likeness (QED) is 0.307. The third-order valence-corrected chi connectivity index (χ3v) is 7.97. The number of hydrogen-bond acceptors (Lipinski definition) is 5. The number of aliphatic hydroxyl groups excluding tert-OH is 1. The molecule has 1 aliphatic rings. The van der Waals surface area contributed by atoms with Crippen molar-refractivity contribution in [2.75, 3.05) is 31.7 Å². The van der Waals surface area contributed by atoms with Crippen LogP contribution in [0.4, 0.5) is 5.69 Å². The zero-order valence-electron chi connectivity index (χ0n) is 22.7. The summed E-state index contributed by atoms with van der Waals surface area (Å²) in [7, 11) is 2.07. The third kappa shape index (κ3) is 6.28. The molecule has 1 aromatic heterocycles. The second kappa shape index (κ2) is 12.5. The monoisotopic (exact) mass is 506 g/mol. The van der Waals surface area contributed by atoms with Gasteiger partial charge >= 0.3 is 0 Å². The van der Waals surface area contributed by atoms with Crippen molar-refractivity contribution in [1.29, 1.82) is 0 Å². The van der Waals surface area contributed by atoms with E-state index in [4.69, 9.17) is 9.84 Å². The number of anilines is 1. The molecule has 0 bridgehead atoms. The Balaban J connectivity index is 1.69. The maximum absolute atomic E-state index is 12.3. The highest BCUT2D eigenvalue weighted by Gasteiger charge is 2.26. The first-order valence-electron chi connectivity index (χ1n) is 13.6. The first kappa shape index (κ1) is 27.0. The molecule has 0 atom stereocenters. The molecule has 2 aromatic carbocycles. The molecule has 37 heavy (non-hydrogen) atoms.